The van der Waals surface area contributed by atoms with E-state index >= 15 is 0 Å². The van der Waals surface area contributed by atoms with Crippen LogP contribution in [0.15, 0.2) is 24.3 Å². The number of carbonyl (C=O) groups excluding carboxylic acids is 1. The lowest BCUT2D eigenvalue weighted by Gasteiger charge is -2.13. The van der Waals surface area contributed by atoms with Gasteiger partial charge in [-0.1, -0.05) is 52.0 Å². The summed E-state index contributed by atoms with van der Waals surface area (Å²) in [6.07, 6.45) is 2.49. The van der Waals surface area contributed by atoms with Crippen LogP contribution in [0.1, 0.15) is 57.6 Å². The average molecular weight is 232 g/mol. The van der Waals surface area contributed by atoms with E-state index in [1.807, 2.05) is 6.92 Å². The van der Waals surface area contributed by atoms with E-state index in [4.69, 9.17) is 0 Å². The summed E-state index contributed by atoms with van der Waals surface area (Å²) >= 11 is 0. The van der Waals surface area contributed by atoms with Crippen molar-refractivity contribution in [3.05, 3.63) is 35.4 Å². The van der Waals surface area contributed by atoms with E-state index in [1.54, 1.807) is 0 Å². The van der Waals surface area contributed by atoms with Crippen molar-refractivity contribution in [2.24, 2.45) is 5.92 Å². The van der Waals surface area contributed by atoms with Crippen molar-refractivity contribution in [2.45, 2.75) is 52.9 Å². The minimum atomic E-state index is 0.199. The lowest BCUT2D eigenvalue weighted by atomic mass is 9.91. The number of rotatable bonds is 6. The van der Waals surface area contributed by atoms with E-state index in [9.17, 15) is 4.79 Å². The largest absolute Gasteiger partial charge is 0.299 e. The van der Waals surface area contributed by atoms with Gasteiger partial charge >= 0.3 is 0 Å². The van der Waals surface area contributed by atoms with Gasteiger partial charge in [-0.15, -0.1) is 0 Å². The summed E-state index contributed by atoms with van der Waals surface area (Å²) in [5, 5.41) is 0. The second-order valence-corrected chi connectivity index (χ2v) is 5.03. The molecule has 0 aromatic heterocycles. The minimum Gasteiger partial charge on any atom is -0.299 e. The maximum absolute atomic E-state index is 11.7. The van der Waals surface area contributed by atoms with Gasteiger partial charge in [0.05, 0.1) is 0 Å². The molecule has 0 saturated heterocycles. The Morgan fingerprint density at radius 1 is 1.12 bits per heavy atom. The van der Waals surface area contributed by atoms with Gasteiger partial charge < -0.3 is 0 Å². The Balaban J connectivity index is 2.70. The van der Waals surface area contributed by atoms with E-state index in [-0.39, 0.29) is 5.92 Å². The second-order valence-electron chi connectivity index (χ2n) is 5.03. The molecule has 0 amide bonds. The highest BCUT2D eigenvalue weighted by Crippen LogP contribution is 2.18. The van der Waals surface area contributed by atoms with Gasteiger partial charge in [-0.3, -0.25) is 4.79 Å². The Hall–Kier alpha value is -1.11. The van der Waals surface area contributed by atoms with Gasteiger partial charge in [0.1, 0.15) is 5.78 Å². The highest BCUT2D eigenvalue weighted by Gasteiger charge is 2.14. The van der Waals surface area contributed by atoms with Gasteiger partial charge in [-0.05, 0) is 29.9 Å². The highest BCUT2D eigenvalue weighted by atomic mass is 16.1. The number of hydrogen-bond acceptors (Lipinski definition) is 1. The fourth-order valence-electron chi connectivity index (χ4n) is 2.10. The van der Waals surface area contributed by atoms with Crippen LogP contribution in [-0.2, 0) is 11.2 Å². The molecule has 0 bridgehead atoms. The topological polar surface area (TPSA) is 17.1 Å². The van der Waals surface area contributed by atoms with Crippen LogP contribution in [0.2, 0.25) is 0 Å². The molecule has 0 aliphatic heterocycles. The number of carbonyl (C=O) groups is 1. The first-order chi connectivity index (χ1) is 8.08. The molecule has 0 heterocycles. The monoisotopic (exact) mass is 232 g/mol. The van der Waals surface area contributed by atoms with Crippen LogP contribution in [0.4, 0.5) is 0 Å². The quantitative estimate of drug-likeness (QED) is 0.712. The zero-order valence-corrected chi connectivity index (χ0v) is 11.5. The van der Waals surface area contributed by atoms with Crippen LogP contribution < -0.4 is 0 Å². The smallest absolute Gasteiger partial charge is 0.136 e. The standard InChI is InChI=1S/C16H24O/c1-5-14(16(17)6-2)11-13-7-9-15(10-8-13)12(3)4/h7-10,12,14H,5-6,11H2,1-4H3. The highest BCUT2D eigenvalue weighted by molar-refractivity contribution is 5.80. The van der Waals surface area contributed by atoms with Crippen LogP contribution >= 0.6 is 0 Å². The third-order valence-corrected chi connectivity index (χ3v) is 3.43. The average Bonchev–Trinajstić information content (AvgIpc) is 2.35. The first-order valence-corrected chi connectivity index (χ1v) is 6.70. The first-order valence-electron chi connectivity index (χ1n) is 6.70. The summed E-state index contributed by atoms with van der Waals surface area (Å²) in [5.74, 6) is 1.16. The third-order valence-electron chi connectivity index (χ3n) is 3.43. The fraction of sp³-hybridized carbons (Fsp3) is 0.562. The Labute approximate surface area is 105 Å². The Bertz CT molecular complexity index is 348. The van der Waals surface area contributed by atoms with E-state index in [1.165, 1.54) is 11.1 Å². The summed E-state index contributed by atoms with van der Waals surface area (Å²) in [7, 11) is 0. The van der Waals surface area contributed by atoms with Crippen molar-refractivity contribution < 1.29 is 4.79 Å². The molecule has 0 N–H and O–H groups in total. The fourth-order valence-corrected chi connectivity index (χ4v) is 2.10. The number of hydrogen-bond donors (Lipinski definition) is 0. The van der Waals surface area contributed by atoms with Gasteiger partial charge in [-0.25, -0.2) is 0 Å². The van der Waals surface area contributed by atoms with Crippen LogP contribution in [0.5, 0.6) is 0 Å². The normalized spacial score (nSPS) is 12.8. The zero-order chi connectivity index (χ0) is 12.8. The molecule has 0 saturated carbocycles. The van der Waals surface area contributed by atoms with Gasteiger partial charge in [-0.2, -0.15) is 0 Å². The maximum atomic E-state index is 11.7. The molecule has 0 fully saturated rings. The number of ketones is 1. The summed E-state index contributed by atoms with van der Waals surface area (Å²) < 4.78 is 0. The molecule has 1 rings (SSSR count). The van der Waals surface area contributed by atoms with Crippen molar-refractivity contribution in [3.63, 3.8) is 0 Å². The molecule has 0 radical (unpaired) electrons. The lowest BCUT2D eigenvalue weighted by Crippen LogP contribution is -2.15. The van der Waals surface area contributed by atoms with Crippen LogP contribution in [0.3, 0.4) is 0 Å². The third kappa shape index (κ3) is 3.99. The first kappa shape index (κ1) is 14.0. The summed E-state index contributed by atoms with van der Waals surface area (Å²) in [6, 6.07) is 8.70. The predicted octanol–water partition coefficient (Wildman–Crippen LogP) is 4.36. The minimum absolute atomic E-state index is 0.199. The molecule has 17 heavy (non-hydrogen) atoms. The molecule has 0 aliphatic rings. The van der Waals surface area contributed by atoms with Gasteiger partial charge in [0, 0.05) is 12.3 Å². The zero-order valence-electron chi connectivity index (χ0n) is 11.5. The van der Waals surface area contributed by atoms with Crippen LogP contribution in [-0.4, -0.2) is 5.78 Å². The molecular weight excluding hydrogens is 208 g/mol. The van der Waals surface area contributed by atoms with Crippen molar-refractivity contribution >= 4 is 5.78 Å². The van der Waals surface area contributed by atoms with Crippen molar-refractivity contribution in [3.8, 4) is 0 Å². The van der Waals surface area contributed by atoms with Crippen molar-refractivity contribution in [2.75, 3.05) is 0 Å². The molecule has 1 atom stereocenters. The van der Waals surface area contributed by atoms with E-state index in [0.29, 0.717) is 18.1 Å². The van der Waals surface area contributed by atoms with E-state index < -0.39 is 0 Å². The molecule has 1 aromatic rings. The van der Waals surface area contributed by atoms with Crippen LogP contribution in [0, 0.1) is 5.92 Å². The molecule has 0 spiro atoms. The van der Waals surface area contributed by atoms with Gasteiger partial charge in [0.2, 0.25) is 0 Å². The van der Waals surface area contributed by atoms with Gasteiger partial charge in [0.15, 0.2) is 0 Å². The Morgan fingerprint density at radius 2 is 1.71 bits per heavy atom. The van der Waals surface area contributed by atoms with E-state index in [0.717, 1.165) is 12.8 Å². The molecule has 1 nitrogen and oxygen atoms in total. The maximum Gasteiger partial charge on any atom is 0.136 e. The summed E-state index contributed by atoms with van der Waals surface area (Å²) in [6.45, 7) is 8.45. The number of benzene rings is 1. The summed E-state index contributed by atoms with van der Waals surface area (Å²) in [4.78, 5) is 11.7. The Kier molecular flexibility index (Phi) is 5.40. The van der Waals surface area contributed by atoms with Crippen molar-refractivity contribution in [1.82, 2.24) is 0 Å². The predicted molar refractivity (Wildman–Crippen MR) is 73.3 cm³/mol. The SMILES string of the molecule is CCC(=O)C(CC)Cc1ccc(C(C)C)cc1. The molecule has 1 aromatic carbocycles. The molecule has 1 heteroatoms. The second kappa shape index (κ2) is 6.58. The Morgan fingerprint density at radius 3 is 2.12 bits per heavy atom. The molecule has 0 aliphatic carbocycles. The lowest BCUT2D eigenvalue weighted by molar-refractivity contribution is -0.122. The number of Topliss-reactive ketones (excluding diaryl/α,β-unsaturated/α-hetero) is 1. The van der Waals surface area contributed by atoms with Crippen LogP contribution in [0.25, 0.3) is 0 Å². The molecule has 94 valence electrons. The molecule has 1 unspecified atom stereocenters. The van der Waals surface area contributed by atoms with E-state index in [2.05, 4.69) is 45.0 Å². The molecular formula is C16H24O. The van der Waals surface area contributed by atoms with Crippen molar-refractivity contribution in [1.29, 1.82) is 0 Å². The summed E-state index contributed by atoms with van der Waals surface area (Å²) in [5.41, 5.74) is 2.65. The van der Waals surface area contributed by atoms with Gasteiger partial charge in [0.25, 0.3) is 0 Å².